The fraction of sp³-hybridized carbons (Fsp3) is 0.462. The smallest absolute Gasteiger partial charge is 0.256 e. The van der Waals surface area contributed by atoms with E-state index in [1.165, 1.54) is 31.3 Å². The summed E-state index contributed by atoms with van der Waals surface area (Å²) in [6, 6.07) is 4.15. The Hall–Kier alpha value is -0.890. The second kappa shape index (κ2) is 7.59. The van der Waals surface area contributed by atoms with E-state index in [1.807, 2.05) is 0 Å². The van der Waals surface area contributed by atoms with Gasteiger partial charge in [0.2, 0.25) is 0 Å². The third kappa shape index (κ3) is 4.55. The molecule has 0 aliphatic carbocycles. The van der Waals surface area contributed by atoms with E-state index in [4.69, 9.17) is 23.2 Å². The third-order valence-corrected chi connectivity index (χ3v) is 4.71. The molecule has 0 radical (unpaired) electrons. The van der Waals surface area contributed by atoms with Crippen molar-refractivity contribution in [3.63, 3.8) is 0 Å². The summed E-state index contributed by atoms with van der Waals surface area (Å²) in [5.74, 6) is -0.738. The second-order valence-corrected chi connectivity index (χ2v) is 7.87. The van der Waals surface area contributed by atoms with Gasteiger partial charge in [0.05, 0.1) is 10.9 Å². The number of alkyl halides is 3. The number of amides is 1. The molecule has 0 bridgehead atoms. The first-order valence-electron chi connectivity index (χ1n) is 6.18. The highest BCUT2D eigenvalue weighted by atomic mass is 35.5. The van der Waals surface area contributed by atoms with Gasteiger partial charge in [-0.1, -0.05) is 35.3 Å². The Morgan fingerprint density at radius 2 is 1.82 bits per heavy atom. The van der Waals surface area contributed by atoms with Gasteiger partial charge in [-0.2, -0.15) is 0 Å². The van der Waals surface area contributed by atoms with Crippen LogP contribution in [0.3, 0.4) is 0 Å². The van der Waals surface area contributed by atoms with Crippen LogP contribution in [0.15, 0.2) is 29.2 Å². The van der Waals surface area contributed by atoms with E-state index in [2.05, 4.69) is 0 Å². The normalized spacial score (nSPS) is 14.7. The maximum Gasteiger partial charge on any atom is 0.256 e. The van der Waals surface area contributed by atoms with Gasteiger partial charge in [-0.15, -0.1) is 0 Å². The summed E-state index contributed by atoms with van der Waals surface area (Å²) in [4.78, 5) is 11.3. The minimum absolute atomic E-state index is 0.0752. The van der Waals surface area contributed by atoms with Crippen LogP contribution in [-0.2, 0) is 14.6 Å². The Kier molecular flexibility index (Phi) is 6.61. The van der Waals surface area contributed by atoms with Gasteiger partial charge in [0.1, 0.15) is 12.8 Å². The van der Waals surface area contributed by atoms with E-state index < -0.39 is 39.4 Å². The van der Waals surface area contributed by atoms with Crippen molar-refractivity contribution < 1.29 is 22.7 Å². The lowest BCUT2D eigenvalue weighted by atomic mass is 10.0. The van der Waals surface area contributed by atoms with Gasteiger partial charge in [-0.25, -0.2) is 12.8 Å². The monoisotopic (exact) mass is 371 g/mol. The number of carbonyl (C=O) groups excluding carboxylic acids is 1. The number of nitrogens with zero attached hydrogens (tertiary/aromatic N) is 1. The van der Waals surface area contributed by atoms with Gasteiger partial charge in [0.15, 0.2) is 14.7 Å². The summed E-state index contributed by atoms with van der Waals surface area (Å²) in [6.45, 7) is -1.02. The van der Waals surface area contributed by atoms with Crippen LogP contribution < -0.4 is 0 Å². The summed E-state index contributed by atoms with van der Waals surface area (Å²) < 4.78 is 35.9. The summed E-state index contributed by atoms with van der Waals surface area (Å²) >= 11 is 10.9. The van der Waals surface area contributed by atoms with E-state index in [0.29, 0.717) is 0 Å². The minimum atomic E-state index is -3.37. The molecule has 5 nitrogen and oxygen atoms in total. The number of likely N-dealkylation sites (N-methyl/N-ethyl adjacent to an activating group) is 1. The Morgan fingerprint density at radius 3 is 2.18 bits per heavy atom. The number of carbonyl (C=O) groups is 1. The lowest BCUT2D eigenvalue weighted by Crippen LogP contribution is -2.44. The maximum atomic E-state index is 13.2. The number of aliphatic hydroxyl groups excluding tert-OH is 1. The van der Waals surface area contributed by atoms with E-state index in [1.54, 1.807) is 0 Å². The molecule has 2 atom stereocenters. The summed E-state index contributed by atoms with van der Waals surface area (Å²) in [5, 5.41) is 10.2. The summed E-state index contributed by atoms with van der Waals surface area (Å²) in [6.07, 6.45) is -0.296. The van der Waals surface area contributed by atoms with Gasteiger partial charge in [0.25, 0.3) is 5.91 Å². The molecule has 1 N–H and O–H groups in total. The van der Waals surface area contributed by atoms with Crippen molar-refractivity contribution in [2.75, 3.05) is 20.0 Å². The standard InChI is InChI=1S/C13H16Cl2FNO4S/c1-17(13(19)12(14)15)10(7-16)11(18)8-3-5-9(6-4-8)22(2,20)21/h3-6,10-12,18H,7H2,1-2H3/t10-,11+/m0/s1. The van der Waals surface area contributed by atoms with Gasteiger partial charge in [-0.3, -0.25) is 4.79 Å². The molecule has 124 valence electrons. The van der Waals surface area contributed by atoms with Crippen LogP contribution in [0, 0.1) is 0 Å². The molecule has 1 aromatic carbocycles. The van der Waals surface area contributed by atoms with Crippen molar-refractivity contribution >= 4 is 38.9 Å². The molecule has 0 spiro atoms. The summed E-state index contributed by atoms with van der Waals surface area (Å²) in [5.41, 5.74) is 0.274. The molecule has 0 aromatic heterocycles. The topological polar surface area (TPSA) is 74.7 Å². The van der Waals surface area contributed by atoms with Crippen molar-refractivity contribution in [2.45, 2.75) is 21.9 Å². The molecular formula is C13H16Cl2FNO4S. The molecule has 0 fully saturated rings. The zero-order chi connectivity index (χ0) is 17.1. The van der Waals surface area contributed by atoms with Crippen molar-refractivity contribution in [3.05, 3.63) is 29.8 Å². The first kappa shape index (κ1) is 19.2. The van der Waals surface area contributed by atoms with E-state index in [0.717, 1.165) is 11.2 Å². The lowest BCUT2D eigenvalue weighted by Gasteiger charge is -2.30. The molecule has 0 unspecified atom stereocenters. The van der Waals surface area contributed by atoms with Gasteiger partial charge in [-0.05, 0) is 17.7 Å². The highest BCUT2D eigenvalue weighted by Gasteiger charge is 2.30. The van der Waals surface area contributed by atoms with E-state index in [9.17, 15) is 22.7 Å². The van der Waals surface area contributed by atoms with Gasteiger partial charge >= 0.3 is 0 Å². The molecule has 1 rings (SSSR count). The third-order valence-electron chi connectivity index (χ3n) is 3.20. The lowest BCUT2D eigenvalue weighted by molar-refractivity contribution is -0.133. The quantitative estimate of drug-likeness (QED) is 0.772. The van der Waals surface area contributed by atoms with Crippen LogP contribution >= 0.6 is 23.2 Å². The van der Waals surface area contributed by atoms with E-state index >= 15 is 0 Å². The molecular weight excluding hydrogens is 356 g/mol. The number of benzene rings is 1. The fourth-order valence-electron chi connectivity index (χ4n) is 1.85. The molecule has 0 aliphatic rings. The minimum Gasteiger partial charge on any atom is -0.386 e. The zero-order valence-corrected chi connectivity index (χ0v) is 14.2. The van der Waals surface area contributed by atoms with Crippen molar-refractivity contribution in [1.29, 1.82) is 0 Å². The molecule has 1 amide bonds. The molecule has 0 aliphatic heterocycles. The van der Waals surface area contributed by atoms with Crippen LogP contribution in [0.1, 0.15) is 11.7 Å². The van der Waals surface area contributed by atoms with Crippen LogP contribution in [0.25, 0.3) is 0 Å². The van der Waals surface area contributed by atoms with Crippen molar-refractivity contribution in [2.24, 2.45) is 0 Å². The number of sulfone groups is 1. The molecule has 0 saturated heterocycles. The largest absolute Gasteiger partial charge is 0.386 e. The molecule has 9 heteroatoms. The Labute approximate surface area is 138 Å². The van der Waals surface area contributed by atoms with Crippen LogP contribution in [0.5, 0.6) is 0 Å². The number of halogens is 3. The number of hydrogen-bond donors (Lipinski definition) is 1. The molecule has 1 aromatic rings. The predicted octanol–water partition coefficient (Wildman–Crippen LogP) is 1.72. The highest BCUT2D eigenvalue weighted by Crippen LogP contribution is 2.24. The second-order valence-electron chi connectivity index (χ2n) is 4.76. The Balaban J connectivity index is 3.02. The Bertz CT molecular complexity index is 621. The number of rotatable bonds is 6. The first-order valence-corrected chi connectivity index (χ1v) is 8.95. The molecule has 0 saturated carbocycles. The van der Waals surface area contributed by atoms with Gasteiger partial charge in [0, 0.05) is 13.3 Å². The number of aliphatic hydroxyl groups is 1. The predicted molar refractivity (Wildman–Crippen MR) is 82.5 cm³/mol. The van der Waals surface area contributed by atoms with Crippen molar-refractivity contribution in [1.82, 2.24) is 4.90 Å². The zero-order valence-electron chi connectivity index (χ0n) is 11.9. The molecule has 0 heterocycles. The fourth-order valence-corrected chi connectivity index (χ4v) is 2.79. The Morgan fingerprint density at radius 1 is 1.32 bits per heavy atom. The number of hydrogen-bond acceptors (Lipinski definition) is 4. The average molecular weight is 372 g/mol. The average Bonchev–Trinajstić information content (AvgIpc) is 2.46. The molecule has 22 heavy (non-hydrogen) atoms. The van der Waals surface area contributed by atoms with Gasteiger partial charge < -0.3 is 10.0 Å². The van der Waals surface area contributed by atoms with E-state index in [-0.39, 0.29) is 10.5 Å². The SMILES string of the molecule is CN(C(=O)C(Cl)Cl)[C@@H](CF)[C@H](O)c1ccc(S(C)(=O)=O)cc1. The maximum absolute atomic E-state index is 13.2. The van der Waals surface area contributed by atoms with Crippen LogP contribution in [-0.4, -0.2) is 55.2 Å². The highest BCUT2D eigenvalue weighted by molar-refractivity contribution is 7.90. The summed E-state index contributed by atoms with van der Waals surface area (Å²) in [7, 11) is -2.09. The van der Waals surface area contributed by atoms with Crippen LogP contribution in [0.2, 0.25) is 0 Å². The van der Waals surface area contributed by atoms with Crippen molar-refractivity contribution in [3.8, 4) is 0 Å². The first-order chi connectivity index (χ1) is 10.1. The van der Waals surface area contributed by atoms with Crippen LogP contribution in [0.4, 0.5) is 4.39 Å².